The molecule has 0 aromatic heterocycles. The Labute approximate surface area is 137 Å². The van der Waals surface area contributed by atoms with Crippen LogP contribution in [0.2, 0.25) is 0 Å². The molecule has 0 spiro atoms. The van der Waals surface area contributed by atoms with Gasteiger partial charge in [0.25, 0.3) is 0 Å². The van der Waals surface area contributed by atoms with Crippen LogP contribution in [0.25, 0.3) is 0 Å². The number of rotatable bonds is 7. The van der Waals surface area contributed by atoms with Gasteiger partial charge in [0.1, 0.15) is 0 Å². The first-order valence-electron chi connectivity index (χ1n) is 7.82. The first-order chi connectivity index (χ1) is 11.3. The lowest BCUT2D eigenvalue weighted by Crippen LogP contribution is -2.01. The van der Waals surface area contributed by atoms with Gasteiger partial charge in [0.05, 0.1) is 5.56 Å². The number of nitrogens with one attached hydrogen (secondary N) is 1. The lowest BCUT2D eigenvalue weighted by atomic mass is 10.1. The highest BCUT2D eigenvalue weighted by atomic mass is 16.4. The van der Waals surface area contributed by atoms with Crippen LogP contribution in [0.4, 0.5) is 5.69 Å². The number of carbonyl (C=O) groups is 1. The Balaban J connectivity index is 1.59. The maximum Gasteiger partial charge on any atom is 0.335 e. The second kappa shape index (κ2) is 9.32. The number of benzene rings is 2. The summed E-state index contributed by atoms with van der Waals surface area (Å²) in [5, 5.41) is 12.1. The molecule has 2 aromatic carbocycles. The molecule has 0 aliphatic rings. The van der Waals surface area contributed by atoms with Gasteiger partial charge in [0.15, 0.2) is 0 Å². The minimum atomic E-state index is -0.905. The highest BCUT2D eigenvalue weighted by Crippen LogP contribution is 2.09. The van der Waals surface area contributed by atoms with Gasteiger partial charge in [-0.2, -0.15) is 0 Å². The third kappa shape index (κ3) is 6.27. The molecular formula is C20H21NO2. The Hall–Kier alpha value is -2.73. The zero-order valence-electron chi connectivity index (χ0n) is 13.1. The van der Waals surface area contributed by atoms with E-state index in [4.69, 9.17) is 5.11 Å². The molecule has 0 saturated heterocycles. The molecule has 2 rings (SSSR count). The number of aromatic carboxylic acids is 1. The van der Waals surface area contributed by atoms with Gasteiger partial charge in [-0.05, 0) is 42.7 Å². The van der Waals surface area contributed by atoms with Crippen molar-refractivity contribution in [2.75, 3.05) is 11.9 Å². The quantitative estimate of drug-likeness (QED) is 0.595. The standard InChI is InChI=1S/C20H21NO2/c22-20(23)18-12-14-19(15-13-18)21-16-8-3-1-2-5-9-17-10-6-4-7-11-17/h4,6-7,10-15,21H,2,5,8-9,16H2,(H,22,23). The minimum Gasteiger partial charge on any atom is -0.478 e. The van der Waals surface area contributed by atoms with Crippen molar-refractivity contribution >= 4 is 11.7 Å². The topological polar surface area (TPSA) is 49.3 Å². The molecule has 0 bridgehead atoms. The number of carboxylic acid groups (broad SMARTS) is 1. The maximum atomic E-state index is 10.7. The molecule has 0 atom stereocenters. The number of hydrogen-bond donors (Lipinski definition) is 2. The van der Waals surface area contributed by atoms with Crippen LogP contribution in [0.3, 0.4) is 0 Å². The van der Waals surface area contributed by atoms with Gasteiger partial charge in [-0.15, -0.1) is 11.8 Å². The molecule has 0 radical (unpaired) electrons. The van der Waals surface area contributed by atoms with Crippen molar-refractivity contribution in [3.8, 4) is 11.8 Å². The van der Waals surface area contributed by atoms with Crippen molar-refractivity contribution < 1.29 is 9.90 Å². The molecule has 0 saturated carbocycles. The number of unbranched alkanes of at least 4 members (excludes halogenated alkanes) is 1. The molecule has 0 unspecified atom stereocenters. The molecule has 3 nitrogen and oxygen atoms in total. The van der Waals surface area contributed by atoms with E-state index in [-0.39, 0.29) is 0 Å². The molecule has 0 heterocycles. The van der Waals surface area contributed by atoms with Gasteiger partial charge in [-0.1, -0.05) is 30.3 Å². The smallest absolute Gasteiger partial charge is 0.335 e. The van der Waals surface area contributed by atoms with Gasteiger partial charge < -0.3 is 10.4 Å². The van der Waals surface area contributed by atoms with Gasteiger partial charge >= 0.3 is 5.97 Å². The lowest BCUT2D eigenvalue weighted by molar-refractivity contribution is 0.0697. The average molecular weight is 307 g/mol. The maximum absolute atomic E-state index is 10.7. The molecule has 0 amide bonds. The Morgan fingerprint density at radius 3 is 2.35 bits per heavy atom. The van der Waals surface area contributed by atoms with Crippen molar-refractivity contribution in [3.63, 3.8) is 0 Å². The minimum absolute atomic E-state index is 0.300. The Bertz CT molecular complexity index is 666. The van der Waals surface area contributed by atoms with Gasteiger partial charge in [-0.25, -0.2) is 4.79 Å². The monoisotopic (exact) mass is 307 g/mol. The largest absolute Gasteiger partial charge is 0.478 e. The number of anilines is 1. The Morgan fingerprint density at radius 2 is 1.65 bits per heavy atom. The molecule has 0 aliphatic heterocycles. The predicted octanol–water partition coefficient (Wildman–Crippen LogP) is 4.21. The van der Waals surface area contributed by atoms with E-state index in [9.17, 15) is 4.79 Å². The fraction of sp³-hybridized carbons (Fsp3) is 0.250. The van der Waals surface area contributed by atoms with Crippen LogP contribution in [-0.2, 0) is 6.42 Å². The van der Waals surface area contributed by atoms with Crippen molar-refractivity contribution in [2.24, 2.45) is 0 Å². The fourth-order valence-corrected chi connectivity index (χ4v) is 2.20. The summed E-state index contributed by atoms with van der Waals surface area (Å²) in [7, 11) is 0. The molecule has 2 aromatic rings. The van der Waals surface area contributed by atoms with Crippen LogP contribution in [0, 0.1) is 11.8 Å². The van der Waals surface area contributed by atoms with Crippen LogP contribution < -0.4 is 5.32 Å². The van der Waals surface area contributed by atoms with E-state index >= 15 is 0 Å². The Kier molecular flexibility index (Phi) is 6.74. The second-order valence-electron chi connectivity index (χ2n) is 5.25. The zero-order valence-corrected chi connectivity index (χ0v) is 13.1. The van der Waals surface area contributed by atoms with E-state index in [1.807, 2.05) is 6.07 Å². The summed E-state index contributed by atoms with van der Waals surface area (Å²) in [6, 6.07) is 17.2. The third-order valence-electron chi connectivity index (χ3n) is 3.45. The van der Waals surface area contributed by atoms with Gasteiger partial charge in [0.2, 0.25) is 0 Å². The van der Waals surface area contributed by atoms with Crippen LogP contribution in [0.15, 0.2) is 54.6 Å². The normalized spacial score (nSPS) is 9.74. The first kappa shape index (κ1) is 16.6. The molecule has 0 aliphatic carbocycles. The highest BCUT2D eigenvalue weighted by Gasteiger charge is 2.00. The fourth-order valence-electron chi connectivity index (χ4n) is 2.20. The van der Waals surface area contributed by atoms with Gasteiger partial charge in [-0.3, -0.25) is 0 Å². The summed E-state index contributed by atoms with van der Waals surface area (Å²) in [4.78, 5) is 10.7. The lowest BCUT2D eigenvalue weighted by Gasteiger charge is -2.03. The SMILES string of the molecule is O=C(O)c1ccc(NCCC#CCCCc2ccccc2)cc1. The van der Waals surface area contributed by atoms with Gasteiger partial charge in [0, 0.05) is 25.1 Å². The number of aryl methyl sites for hydroxylation is 1. The van der Waals surface area contributed by atoms with Crippen molar-refractivity contribution in [3.05, 3.63) is 65.7 Å². The predicted molar refractivity (Wildman–Crippen MR) is 93.7 cm³/mol. The van der Waals surface area contributed by atoms with Crippen LogP contribution in [-0.4, -0.2) is 17.6 Å². The van der Waals surface area contributed by atoms with E-state index in [1.165, 1.54) is 5.56 Å². The van der Waals surface area contributed by atoms with Crippen LogP contribution in [0.5, 0.6) is 0 Å². The van der Waals surface area contributed by atoms with E-state index in [2.05, 4.69) is 41.4 Å². The summed E-state index contributed by atoms with van der Waals surface area (Å²) in [5.74, 6) is 5.46. The summed E-state index contributed by atoms with van der Waals surface area (Å²) in [5.41, 5.74) is 2.58. The van der Waals surface area contributed by atoms with Crippen molar-refractivity contribution in [1.82, 2.24) is 0 Å². The molecule has 118 valence electrons. The molecular weight excluding hydrogens is 286 g/mol. The highest BCUT2D eigenvalue weighted by molar-refractivity contribution is 5.87. The number of hydrogen-bond acceptors (Lipinski definition) is 2. The van der Waals surface area contributed by atoms with E-state index in [0.29, 0.717) is 5.56 Å². The summed E-state index contributed by atoms with van der Waals surface area (Å²) < 4.78 is 0. The molecule has 2 N–H and O–H groups in total. The second-order valence-corrected chi connectivity index (χ2v) is 5.25. The summed E-state index contributed by atoms with van der Waals surface area (Å²) >= 11 is 0. The average Bonchev–Trinajstić information content (AvgIpc) is 2.58. The molecule has 23 heavy (non-hydrogen) atoms. The number of carboxylic acids is 1. The summed E-state index contributed by atoms with van der Waals surface area (Å²) in [6.45, 7) is 0.762. The van der Waals surface area contributed by atoms with E-state index in [1.54, 1.807) is 24.3 Å². The third-order valence-corrected chi connectivity index (χ3v) is 3.45. The molecule has 0 fully saturated rings. The van der Waals surface area contributed by atoms with E-state index < -0.39 is 5.97 Å². The molecule has 3 heteroatoms. The van der Waals surface area contributed by atoms with E-state index in [0.717, 1.165) is 37.9 Å². The van der Waals surface area contributed by atoms with Crippen molar-refractivity contribution in [1.29, 1.82) is 0 Å². The van der Waals surface area contributed by atoms with Crippen LogP contribution >= 0.6 is 0 Å². The van der Waals surface area contributed by atoms with Crippen molar-refractivity contribution in [2.45, 2.75) is 25.7 Å². The summed E-state index contributed by atoms with van der Waals surface area (Å²) in [6.07, 6.45) is 3.86. The van der Waals surface area contributed by atoms with Crippen LogP contribution in [0.1, 0.15) is 35.2 Å². The first-order valence-corrected chi connectivity index (χ1v) is 7.82. The zero-order chi connectivity index (χ0) is 16.3. The Morgan fingerprint density at radius 1 is 0.957 bits per heavy atom.